The molecule has 0 amide bonds. The standard InChI is InChI=1S/C12H21N5/c1-3-10-8-11(16-13)15-12(14-10)17-6-4-9(2)5-7-17/h8-9H,3-7,13H2,1-2H3,(H,14,15,16). The van der Waals surface area contributed by atoms with Crippen molar-refractivity contribution in [1.82, 2.24) is 9.97 Å². The SMILES string of the molecule is CCc1cc(NN)nc(N2CCC(C)CC2)n1. The van der Waals surface area contributed by atoms with Crippen LogP contribution in [0.25, 0.3) is 0 Å². The van der Waals surface area contributed by atoms with Crippen molar-refractivity contribution in [1.29, 1.82) is 0 Å². The Morgan fingerprint density at radius 3 is 2.71 bits per heavy atom. The van der Waals surface area contributed by atoms with E-state index in [1.165, 1.54) is 12.8 Å². The summed E-state index contributed by atoms with van der Waals surface area (Å²) in [5, 5.41) is 0. The van der Waals surface area contributed by atoms with Gasteiger partial charge in [0.05, 0.1) is 0 Å². The van der Waals surface area contributed by atoms with Gasteiger partial charge in [0.2, 0.25) is 5.95 Å². The van der Waals surface area contributed by atoms with Gasteiger partial charge in [-0.25, -0.2) is 10.8 Å². The van der Waals surface area contributed by atoms with Crippen LogP contribution in [0.15, 0.2) is 6.07 Å². The number of nitrogen functional groups attached to an aromatic ring is 1. The van der Waals surface area contributed by atoms with Gasteiger partial charge in [-0.1, -0.05) is 13.8 Å². The lowest BCUT2D eigenvalue weighted by molar-refractivity contribution is 0.434. The molecule has 0 saturated carbocycles. The maximum absolute atomic E-state index is 5.44. The third-order valence-corrected chi connectivity index (χ3v) is 3.34. The van der Waals surface area contributed by atoms with E-state index >= 15 is 0 Å². The maximum atomic E-state index is 5.44. The van der Waals surface area contributed by atoms with Crippen molar-refractivity contribution < 1.29 is 0 Å². The summed E-state index contributed by atoms with van der Waals surface area (Å²) in [6.45, 7) is 6.47. The minimum atomic E-state index is 0.700. The molecule has 5 heteroatoms. The summed E-state index contributed by atoms with van der Waals surface area (Å²) in [5.41, 5.74) is 3.64. The molecule has 0 unspecified atom stereocenters. The zero-order valence-corrected chi connectivity index (χ0v) is 10.6. The van der Waals surface area contributed by atoms with Crippen LogP contribution in [0.2, 0.25) is 0 Å². The molecule has 1 aromatic heterocycles. The number of aromatic nitrogens is 2. The Morgan fingerprint density at radius 1 is 1.41 bits per heavy atom. The molecular formula is C12H21N5. The summed E-state index contributed by atoms with van der Waals surface area (Å²) >= 11 is 0. The second-order valence-electron chi connectivity index (χ2n) is 4.71. The Morgan fingerprint density at radius 2 is 2.12 bits per heavy atom. The second-order valence-corrected chi connectivity index (χ2v) is 4.71. The highest BCUT2D eigenvalue weighted by Gasteiger charge is 2.18. The van der Waals surface area contributed by atoms with Crippen LogP contribution in [0.5, 0.6) is 0 Å². The summed E-state index contributed by atoms with van der Waals surface area (Å²) in [6.07, 6.45) is 3.32. The van der Waals surface area contributed by atoms with Crippen LogP contribution in [0.4, 0.5) is 11.8 Å². The van der Waals surface area contributed by atoms with Crippen LogP contribution in [0.3, 0.4) is 0 Å². The predicted molar refractivity (Wildman–Crippen MR) is 69.8 cm³/mol. The minimum absolute atomic E-state index is 0.700. The summed E-state index contributed by atoms with van der Waals surface area (Å²) in [4.78, 5) is 11.2. The number of rotatable bonds is 3. The van der Waals surface area contributed by atoms with E-state index in [1.54, 1.807) is 0 Å². The van der Waals surface area contributed by atoms with Gasteiger partial charge in [-0.15, -0.1) is 0 Å². The number of anilines is 2. The topological polar surface area (TPSA) is 67.1 Å². The van der Waals surface area contributed by atoms with Crippen LogP contribution in [0, 0.1) is 5.92 Å². The van der Waals surface area contributed by atoms with E-state index in [0.29, 0.717) is 5.82 Å². The normalized spacial score (nSPS) is 17.2. The van der Waals surface area contributed by atoms with Gasteiger partial charge in [-0.2, -0.15) is 4.98 Å². The van der Waals surface area contributed by atoms with E-state index in [1.807, 2.05) is 6.07 Å². The van der Waals surface area contributed by atoms with Gasteiger partial charge in [0.25, 0.3) is 0 Å². The van der Waals surface area contributed by atoms with Crippen molar-refractivity contribution in [2.75, 3.05) is 23.4 Å². The lowest BCUT2D eigenvalue weighted by Crippen LogP contribution is -2.34. The molecule has 0 radical (unpaired) electrons. The summed E-state index contributed by atoms with van der Waals surface area (Å²) in [6, 6.07) is 1.90. The molecule has 17 heavy (non-hydrogen) atoms. The van der Waals surface area contributed by atoms with Gasteiger partial charge in [0.1, 0.15) is 5.82 Å². The Labute approximate surface area is 102 Å². The Balaban J connectivity index is 2.19. The van der Waals surface area contributed by atoms with Crippen molar-refractivity contribution in [2.45, 2.75) is 33.1 Å². The van der Waals surface area contributed by atoms with Crippen molar-refractivity contribution >= 4 is 11.8 Å². The molecule has 1 fully saturated rings. The average molecular weight is 235 g/mol. The highest BCUT2D eigenvalue weighted by atomic mass is 15.3. The van der Waals surface area contributed by atoms with Crippen LogP contribution < -0.4 is 16.2 Å². The first-order valence-corrected chi connectivity index (χ1v) is 6.32. The van der Waals surface area contributed by atoms with E-state index in [0.717, 1.165) is 37.1 Å². The molecular weight excluding hydrogens is 214 g/mol. The zero-order chi connectivity index (χ0) is 12.3. The molecule has 2 heterocycles. The molecule has 1 aliphatic heterocycles. The molecule has 0 aromatic carbocycles. The van der Waals surface area contributed by atoms with Crippen molar-refractivity contribution in [3.8, 4) is 0 Å². The number of aryl methyl sites for hydroxylation is 1. The number of hydrogen-bond donors (Lipinski definition) is 2. The van der Waals surface area contributed by atoms with Crippen molar-refractivity contribution in [2.24, 2.45) is 11.8 Å². The first kappa shape index (κ1) is 12.1. The van der Waals surface area contributed by atoms with Gasteiger partial charge in [0.15, 0.2) is 0 Å². The molecule has 1 aliphatic rings. The molecule has 0 spiro atoms. The monoisotopic (exact) mass is 235 g/mol. The maximum Gasteiger partial charge on any atom is 0.227 e. The van der Waals surface area contributed by atoms with Crippen LogP contribution in [0.1, 0.15) is 32.4 Å². The number of piperidine rings is 1. The average Bonchev–Trinajstić information content (AvgIpc) is 2.39. The molecule has 94 valence electrons. The fourth-order valence-corrected chi connectivity index (χ4v) is 2.09. The van der Waals surface area contributed by atoms with Gasteiger partial charge in [-0.3, -0.25) is 0 Å². The fourth-order valence-electron chi connectivity index (χ4n) is 2.09. The molecule has 1 saturated heterocycles. The van der Waals surface area contributed by atoms with E-state index in [2.05, 4.69) is 34.1 Å². The first-order valence-electron chi connectivity index (χ1n) is 6.32. The van der Waals surface area contributed by atoms with Crippen molar-refractivity contribution in [3.63, 3.8) is 0 Å². The van der Waals surface area contributed by atoms with E-state index in [4.69, 9.17) is 5.84 Å². The van der Waals surface area contributed by atoms with Crippen molar-refractivity contribution in [3.05, 3.63) is 11.8 Å². The largest absolute Gasteiger partial charge is 0.341 e. The highest BCUT2D eigenvalue weighted by molar-refractivity contribution is 5.43. The number of nitrogens with two attached hydrogens (primary N) is 1. The van der Waals surface area contributed by atoms with Gasteiger partial charge in [0, 0.05) is 24.8 Å². The first-order chi connectivity index (χ1) is 8.22. The van der Waals surface area contributed by atoms with E-state index < -0.39 is 0 Å². The lowest BCUT2D eigenvalue weighted by atomic mass is 10.00. The third kappa shape index (κ3) is 2.85. The molecule has 3 N–H and O–H groups in total. The smallest absolute Gasteiger partial charge is 0.227 e. The minimum Gasteiger partial charge on any atom is -0.341 e. The summed E-state index contributed by atoms with van der Waals surface area (Å²) in [5.74, 6) is 7.76. The molecule has 0 atom stereocenters. The second kappa shape index (κ2) is 5.31. The third-order valence-electron chi connectivity index (χ3n) is 3.34. The summed E-state index contributed by atoms with van der Waals surface area (Å²) in [7, 11) is 0. The zero-order valence-electron chi connectivity index (χ0n) is 10.6. The Kier molecular flexibility index (Phi) is 3.78. The molecule has 2 rings (SSSR count). The molecule has 0 bridgehead atoms. The van der Waals surface area contributed by atoms with E-state index in [9.17, 15) is 0 Å². The number of hydrogen-bond acceptors (Lipinski definition) is 5. The van der Waals surface area contributed by atoms with Gasteiger partial charge < -0.3 is 10.3 Å². The van der Waals surface area contributed by atoms with E-state index in [-0.39, 0.29) is 0 Å². The predicted octanol–water partition coefficient (Wildman–Crippen LogP) is 1.56. The number of nitrogens with one attached hydrogen (secondary N) is 1. The van der Waals surface area contributed by atoms with Crippen LogP contribution in [-0.2, 0) is 6.42 Å². The van der Waals surface area contributed by atoms with Gasteiger partial charge in [-0.05, 0) is 25.2 Å². The number of nitrogens with zero attached hydrogens (tertiary/aromatic N) is 3. The molecule has 0 aliphatic carbocycles. The fraction of sp³-hybridized carbons (Fsp3) is 0.667. The quantitative estimate of drug-likeness (QED) is 0.615. The molecule has 5 nitrogen and oxygen atoms in total. The Hall–Kier alpha value is -1.36. The van der Waals surface area contributed by atoms with Gasteiger partial charge >= 0.3 is 0 Å². The lowest BCUT2D eigenvalue weighted by Gasteiger charge is -2.30. The molecule has 1 aromatic rings. The number of hydrazine groups is 1. The van der Waals surface area contributed by atoms with Crippen LogP contribution in [-0.4, -0.2) is 23.1 Å². The highest BCUT2D eigenvalue weighted by Crippen LogP contribution is 2.21. The summed E-state index contributed by atoms with van der Waals surface area (Å²) < 4.78 is 0. The Bertz CT molecular complexity index is 349. The van der Waals surface area contributed by atoms with Crippen LogP contribution >= 0.6 is 0 Å².